The van der Waals surface area contributed by atoms with E-state index in [2.05, 4.69) is 10.6 Å². The number of para-hydroxylation sites is 1. The number of amides is 2. The third-order valence-corrected chi connectivity index (χ3v) is 5.64. The van der Waals surface area contributed by atoms with Gasteiger partial charge in [0.15, 0.2) is 9.84 Å². The monoisotopic (exact) mass is 402 g/mol. The Morgan fingerprint density at radius 3 is 2.18 bits per heavy atom. The van der Waals surface area contributed by atoms with Crippen LogP contribution in [0.15, 0.2) is 53.4 Å². The Morgan fingerprint density at radius 1 is 0.964 bits per heavy atom. The molecule has 0 saturated carbocycles. The molecule has 0 bridgehead atoms. The second-order valence-electron chi connectivity index (χ2n) is 7.68. The topological polar surface area (TPSA) is 92.3 Å². The molecule has 0 fully saturated rings. The average molecular weight is 403 g/mol. The summed E-state index contributed by atoms with van der Waals surface area (Å²) >= 11 is 0. The van der Waals surface area contributed by atoms with Crippen LogP contribution in [0.4, 0.5) is 5.69 Å². The van der Waals surface area contributed by atoms with Crippen molar-refractivity contribution in [1.29, 1.82) is 0 Å². The molecule has 0 aliphatic carbocycles. The Kier molecular flexibility index (Phi) is 6.61. The fraction of sp³-hybridized carbons (Fsp3) is 0.333. The van der Waals surface area contributed by atoms with E-state index < -0.39 is 21.3 Å². The number of sulfone groups is 1. The maximum atomic E-state index is 12.4. The lowest BCUT2D eigenvalue weighted by Crippen LogP contribution is -2.40. The number of hydrogen-bond donors (Lipinski definition) is 2. The molecule has 7 heteroatoms. The van der Waals surface area contributed by atoms with Crippen LogP contribution in [0.1, 0.15) is 43.1 Å². The van der Waals surface area contributed by atoms with Gasteiger partial charge in [-0.2, -0.15) is 0 Å². The molecule has 150 valence electrons. The molecule has 0 unspecified atom stereocenters. The first-order valence-corrected chi connectivity index (χ1v) is 10.6. The van der Waals surface area contributed by atoms with Crippen LogP contribution in [0.2, 0.25) is 0 Å². The lowest BCUT2D eigenvalue weighted by atomic mass is 10.1. The van der Waals surface area contributed by atoms with E-state index in [1.54, 1.807) is 36.4 Å². The number of hydrogen-bond acceptors (Lipinski definition) is 4. The van der Waals surface area contributed by atoms with Crippen molar-refractivity contribution in [1.82, 2.24) is 5.32 Å². The molecule has 0 heterocycles. The maximum absolute atomic E-state index is 12.4. The minimum atomic E-state index is -3.55. The maximum Gasteiger partial charge on any atom is 0.253 e. The van der Waals surface area contributed by atoms with E-state index in [0.717, 1.165) is 5.56 Å². The van der Waals surface area contributed by atoms with Crippen molar-refractivity contribution >= 4 is 27.3 Å². The van der Waals surface area contributed by atoms with Crippen LogP contribution in [0.3, 0.4) is 0 Å². The molecule has 0 atom stereocenters. The van der Waals surface area contributed by atoms with Crippen molar-refractivity contribution in [2.45, 2.75) is 44.6 Å². The normalized spacial score (nSPS) is 11.7. The van der Waals surface area contributed by atoms with Gasteiger partial charge < -0.3 is 10.6 Å². The molecular formula is C21H26N2O4S. The quantitative estimate of drug-likeness (QED) is 0.775. The number of aryl methyl sites for hydroxylation is 1. The second-order valence-corrected chi connectivity index (χ2v) is 9.79. The fourth-order valence-electron chi connectivity index (χ4n) is 2.50. The number of carbonyl (C=O) groups is 2. The van der Waals surface area contributed by atoms with Gasteiger partial charge in [0.05, 0.1) is 21.9 Å². The van der Waals surface area contributed by atoms with Crippen molar-refractivity contribution in [3.05, 3.63) is 59.7 Å². The van der Waals surface area contributed by atoms with Gasteiger partial charge in [-0.1, -0.05) is 29.8 Å². The zero-order valence-electron chi connectivity index (χ0n) is 16.6. The largest absolute Gasteiger partial charge is 0.347 e. The van der Waals surface area contributed by atoms with Gasteiger partial charge in [0.25, 0.3) is 5.91 Å². The molecule has 0 aliphatic rings. The van der Waals surface area contributed by atoms with Gasteiger partial charge in [-0.25, -0.2) is 8.42 Å². The SMILES string of the molecule is Cc1ccc(S(=O)(=O)CCC(=O)Nc2ccccc2C(=O)NC(C)(C)C)cc1. The summed E-state index contributed by atoms with van der Waals surface area (Å²) in [6.45, 7) is 7.46. The summed E-state index contributed by atoms with van der Waals surface area (Å²) in [6.07, 6.45) is -0.203. The number of carbonyl (C=O) groups excluding carboxylic acids is 2. The molecule has 0 radical (unpaired) electrons. The van der Waals surface area contributed by atoms with E-state index in [0.29, 0.717) is 11.3 Å². The lowest BCUT2D eigenvalue weighted by Gasteiger charge is -2.21. The zero-order valence-corrected chi connectivity index (χ0v) is 17.4. The minimum absolute atomic E-state index is 0.191. The van der Waals surface area contributed by atoms with Crippen LogP contribution in [0.5, 0.6) is 0 Å². The van der Waals surface area contributed by atoms with Gasteiger partial charge in [-0.3, -0.25) is 9.59 Å². The molecule has 2 aromatic carbocycles. The number of nitrogens with one attached hydrogen (secondary N) is 2. The Hall–Kier alpha value is -2.67. The summed E-state index contributed by atoms with van der Waals surface area (Å²) in [5.74, 6) is -1.08. The highest BCUT2D eigenvalue weighted by atomic mass is 32.2. The molecule has 0 aliphatic heterocycles. The van der Waals surface area contributed by atoms with Crippen molar-refractivity contribution in [3.63, 3.8) is 0 Å². The average Bonchev–Trinajstić information content (AvgIpc) is 2.59. The number of benzene rings is 2. The van der Waals surface area contributed by atoms with Crippen LogP contribution in [-0.4, -0.2) is 31.5 Å². The smallest absolute Gasteiger partial charge is 0.253 e. The molecule has 6 nitrogen and oxygen atoms in total. The van der Waals surface area contributed by atoms with E-state index in [1.165, 1.54) is 12.1 Å². The van der Waals surface area contributed by atoms with Gasteiger partial charge in [0, 0.05) is 12.0 Å². The van der Waals surface area contributed by atoms with Crippen LogP contribution in [-0.2, 0) is 14.6 Å². The number of rotatable bonds is 6. The zero-order chi connectivity index (χ0) is 20.9. The third kappa shape index (κ3) is 6.20. The first kappa shape index (κ1) is 21.6. The van der Waals surface area contributed by atoms with Gasteiger partial charge >= 0.3 is 0 Å². The highest BCUT2D eigenvalue weighted by Gasteiger charge is 2.20. The van der Waals surface area contributed by atoms with Crippen molar-refractivity contribution < 1.29 is 18.0 Å². The molecule has 0 saturated heterocycles. The molecule has 2 N–H and O–H groups in total. The Morgan fingerprint density at radius 2 is 1.57 bits per heavy atom. The van der Waals surface area contributed by atoms with Crippen LogP contribution in [0, 0.1) is 6.92 Å². The Labute approximate surface area is 166 Å². The molecular weight excluding hydrogens is 376 g/mol. The van der Waals surface area contributed by atoms with Gasteiger partial charge in [0.1, 0.15) is 0 Å². The number of anilines is 1. The van der Waals surface area contributed by atoms with E-state index in [4.69, 9.17) is 0 Å². The fourth-order valence-corrected chi connectivity index (χ4v) is 3.74. The van der Waals surface area contributed by atoms with Crippen LogP contribution in [0.25, 0.3) is 0 Å². The molecule has 0 aromatic heterocycles. The van der Waals surface area contributed by atoms with E-state index in [9.17, 15) is 18.0 Å². The van der Waals surface area contributed by atoms with Gasteiger partial charge in [0.2, 0.25) is 5.91 Å². The summed E-state index contributed by atoms with van der Waals surface area (Å²) in [4.78, 5) is 24.9. The second kappa shape index (κ2) is 8.56. The lowest BCUT2D eigenvalue weighted by molar-refractivity contribution is -0.115. The highest BCUT2D eigenvalue weighted by Crippen LogP contribution is 2.18. The Balaban J connectivity index is 2.06. The van der Waals surface area contributed by atoms with Crippen molar-refractivity contribution in [3.8, 4) is 0 Å². The highest BCUT2D eigenvalue weighted by molar-refractivity contribution is 7.91. The third-order valence-electron chi connectivity index (χ3n) is 3.91. The predicted molar refractivity (Wildman–Crippen MR) is 110 cm³/mol. The summed E-state index contributed by atoms with van der Waals surface area (Å²) in [5.41, 5.74) is 1.21. The Bertz CT molecular complexity index is 959. The first-order valence-electron chi connectivity index (χ1n) is 8.99. The summed E-state index contributed by atoms with van der Waals surface area (Å²) in [6, 6.07) is 13.1. The first-order chi connectivity index (χ1) is 13.0. The molecule has 0 spiro atoms. The van der Waals surface area contributed by atoms with Gasteiger partial charge in [-0.05, 0) is 52.0 Å². The molecule has 2 rings (SSSR count). The predicted octanol–water partition coefficient (Wildman–Crippen LogP) is 3.33. The van der Waals surface area contributed by atoms with E-state index in [1.807, 2.05) is 27.7 Å². The minimum Gasteiger partial charge on any atom is -0.347 e. The van der Waals surface area contributed by atoms with Crippen molar-refractivity contribution in [2.24, 2.45) is 0 Å². The summed E-state index contributed by atoms with van der Waals surface area (Å²) < 4.78 is 24.8. The molecule has 28 heavy (non-hydrogen) atoms. The van der Waals surface area contributed by atoms with Crippen LogP contribution >= 0.6 is 0 Å². The van der Waals surface area contributed by atoms with E-state index >= 15 is 0 Å². The van der Waals surface area contributed by atoms with Crippen molar-refractivity contribution in [2.75, 3.05) is 11.1 Å². The molecule has 2 aromatic rings. The van der Waals surface area contributed by atoms with E-state index in [-0.39, 0.29) is 23.0 Å². The summed E-state index contributed by atoms with van der Waals surface area (Å²) in [7, 11) is -3.55. The van der Waals surface area contributed by atoms with Crippen LogP contribution < -0.4 is 10.6 Å². The standard InChI is InChI=1S/C21H26N2O4S/c1-15-9-11-16(12-10-15)28(26,27)14-13-19(24)22-18-8-6-5-7-17(18)20(25)23-21(2,3)4/h5-12H,13-14H2,1-4H3,(H,22,24)(H,23,25). The van der Waals surface area contributed by atoms with Gasteiger partial charge in [-0.15, -0.1) is 0 Å². The summed E-state index contributed by atoms with van der Waals surface area (Å²) in [5, 5.41) is 5.49. The molecule has 2 amide bonds.